The van der Waals surface area contributed by atoms with Crippen LogP contribution in [0.25, 0.3) is 0 Å². The largest absolute Gasteiger partial charge is 0.487 e. The summed E-state index contributed by atoms with van der Waals surface area (Å²) in [5.74, 6) is -0.500. The van der Waals surface area contributed by atoms with Crippen molar-refractivity contribution in [3.63, 3.8) is 0 Å². The van der Waals surface area contributed by atoms with Crippen molar-refractivity contribution in [1.29, 1.82) is 0 Å². The molecule has 0 spiro atoms. The standard InChI is InChI=1S/C23H24N2O5S2/c1-15(2)25(32(28,29)23-24-10-11-31-23)20-12-18-4-3-5-19(18)13-21(20)30-14-16-6-8-17(9-7-16)22(26)27/h6-13,15H,3-5,14H2,1-2H3,(H,26,27). The summed E-state index contributed by atoms with van der Waals surface area (Å²) in [6.45, 7) is 3.84. The third-order valence-corrected chi connectivity index (χ3v) is 8.53. The zero-order valence-corrected chi connectivity index (χ0v) is 19.4. The van der Waals surface area contributed by atoms with E-state index in [4.69, 9.17) is 9.84 Å². The zero-order chi connectivity index (χ0) is 22.9. The van der Waals surface area contributed by atoms with E-state index in [9.17, 15) is 13.2 Å². The molecule has 0 saturated heterocycles. The number of thiazole rings is 1. The number of sulfonamides is 1. The van der Waals surface area contributed by atoms with Crippen molar-refractivity contribution in [2.75, 3.05) is 4.31 Å². The molecule has 0 bridgehead atoms. The fourth-order valence-corrected chi connectivity index (χ4v) is 6.46. The second-order valence-electron chi connectivity index (χ2n) is 7.93. The summed E-state index contributed by atoms with van der Waals surface area (Å²) in [4.78, 5) is 15.1. The van der Waals surface area contributed by atoms with E-state index < -0.39 is 16.0 Å². The van der Waals surface area contributed by atoms with Crippen LogP contribution < -0.4 is 9.04 Å². The number of carboxylic acid groups (broad SMARTS) is 1. The number of rotatable bonds is 8. The molecule has 168 valence electrons. The topological polar surface area (TPSA) is 96.8 Å². The monoisotopic (exact) mass is 472 g/mol. The molecule has 9 heteroatoms. The van der Waals surface area contributed by atoms with E-state index in [1.165, 1.54) is 28.2 Å². The number of aromatic carboxylic acids is 1. The summed E-state index contributed by atoms with van der Waals surface area (Å²) in [5, 5.41) is 10.7. The second kappa shape index (κ2) is 8.91. The minimum absolute atomic E-state index is 0.0434. The quantitative estimate of drug-likeness (QED) is 0.518. The molecule has 32 heavy (non-hydrogen) atoms. The van der Waals surface area contributed by atoms with Crippen molar-refractivity contribution in [3.05, 3.63) is 70.2 Å². The van der Waals surface area contributed by atoms with Crippen LogP contribution in [0, 0.1) is 0 Å². The van der Waals surface area contributed by atoms with E-state index >= 15 is 0 Å². The first kappa shape index (κ1) is 22.3. The zero-order valence-electron chi connectivity index (χ0n) is 17.8. The van der Waals surface area contributed by atoms with Crippen LogP contribution in [0.5, 0.6) is 5.75 Å². The Bertz CT molecular complexity index is 1220. The van der Waals surface area contributed by atoms with E-state index in [0.29, 0.717) is 11.4 Å². The minimum atomic E-state index is -3.85. The van der Waals surface area contributed by atoms with Gasteiger partial charge < -0.3 is 9.84 Å². The Morgan fingerprint density at radius 1 is 1.19 bits per heavy atom. The SMILES string of the molecule is CC(C)N(c1cc2c(cc1OCc1ccc(C(=O)O)cc1)CCC2)S(=O)(=O)c1nccs1. The lowest BCUT2D eigenvalue weighted by Gasteiger charge is -2.29. The summed E-state index contributed by atoms with van der Waals surface area (Å²) in [6, 6.07) is 9.97. The summed E-state index contributed by atoms with van der Waals surface area (Å²) >= 11 is 1.09. The molecule has 0 amide bonds. The number of hydrogen-bond acceptors (Lipinski definition) is 6. The van der Waals surface area contributed by atoms with Crippen molar-refractivity contribution in [2.24, 2.45) is 0 Å². The van der Waals surface area contributed by atoms with E-state index in [1.807, 2.05) is 26.0 Å². The van der Waals surface area contributed by atoms with Crippen LogP contribution in [0.1, 0.15) is 47.3 Å². The summed E-state index contributed by atoms with van der Waals surface area (Å²) in [5.41, 5.74) is 3.80. The molecular formula is C23H24N2O5S2. The fraction of sp³-hybridized carbons (Fsp3) is 0.304. The predicted molar refractivity (Wildman–Crippen MR) is 123 cm³/mol. The molecule has 1 aliphatic rings. The smallest absolute Gasteiger partial charge is 0.335 e. The van der Waals surface area contributed by atoms with Crippen LogP contribution in [0.15, 0.2) is 52.3 Å². The van der Waals surface area contributed by atoms with Crippen LogP contribution >= 0.6 is 11.3 Å². The van der Waals surface area contributed by atoms with E-state index in [1.54, 1.807) is 17.5 Å². The number of aryl methyl sites for hydroxylation is 2. The van der Waals surface area contributed by atoms with Gasteiger partial charge in [-0.2, -0.15) is 8.42 Å². The van der Waals surface area contributed by atoms with Gasteiger partial charge in [0, 0.05) is 17.6 Å². The van der Waals surface area contributed by atoms with Gasteiger partial charge in [-0.3, -0.25) is 4.31 Å². The number of benzene rings is 2. The lowest BCUT2D eigenvalue weighted by Crippen LogP contribution is -2.37. The van der Waals surface area contributed by atoms with Gasteiger partial charge in [-0.25, -0.2) is 9.78 Å². The highest BCUT2D eigenvalue weighted by Gasteiger charge is 2.33. The fourth-order valence-electron chi connectivity index (χ4n) is 3.89. The van der Waals surface area contributed by atoms with Gasteiger partial charge in [0.2, 0.25) is 4.34 Å². The Labute approximate surface area is 191 Å². The highest BCUT2D eigenvalue weighted by molar-refractivity contribution is 7.94. The number of anilines is 1. The van der Waals surface area contributed by atoms with Crippen molar-refractivity contribution >= 4 is 33.0 Å². The summed E-state index contributed by atoms with van der Waals surface area (Å²) < 4.78 is 34.4. The van der Waals surface area contributed by atoms with Gasteiger partial charge in [0.15, 0.2) is 0 Å². The number of hydrogen-bond donors (Lipinski definition) is 1. The molecule has 0 radical (unpaired) electrons. The third kappa shape index (κ3) is 4.35. The highest BCUT2D eigenvalue weighted by atomic mass is 32.2. The second-order valence-corrected chi connectivity index (χ2v) is 10.8. The number of nitrogens with zero attached hydrogens (tertiary/aromatic N) is 2. The first-order chi connectivity index (χ1) is 15.3. The first-order valence-electron chi connectivity index (χ1n) is 10.3. The van der Waals surface area contributed by atoms with Crippen LogP contribution in [-0.4, -0.2) is 30.5 Å². The maximum Gasteiger partial charge on any atom is 0.335 e. The molecule has 1 aliphatic carbocycles. The predicted octanol–water partition coefficient (Wildman–Crippen LogP) is 4.51. The van der Waals surface area contributed by atoms with Gasteiger partial charge in [-0.15, -0.1) is 11.3 Å². The Kier molecular flexibility index (Phi) is 6.21. The van der Waals surface area contributed by atoms with Crippen molar-refractivity contribution in [3.8, 4) is 5.75 Å². The Hall–Kier alpha value is -2.91. The molecule has 3 aromatic rings. The van der Waals surface area contributed by atoms with E-state index in [-0.39, 0.29) is 22.6 Å². The van der Waals surface area contributed by atoms with Crippen molar-refractivity contribution in [1.82, 2.24) is 4.98 Å². The lowest BCUT2D eigenvalue weighted by molar-refractivity contribution is 0.0697. The summed E-state index contributed by atoms with van der Waals surface area (Å²) in [7, 11) is -3.85. The first-order valence-corrected chi connectivity index (χ1v) is 12.6. The van der Waals surface area contributed by atoms with Crippen LogP contribution in [0.4, 0.5) is 5.69 Å². The number of ether oxygens (including phenoxy) is 1. The van der Waals surface area contributed by atoms with Gasteiger partial charge in [-0.05, 0) is 74.1 Å². The van der Waals surface area contributed by atoms with Crippen molar-refractivity contribution < 1.29 is 23.1 Å². The maximum atomic E-state index is 13.4. The molecule has 1 aromatic heterocycles. The molecule has 7 nitrogen and oxygen atoms in total. The normalized spacial score (nSPS) is 13.2. The molecule has 0 saturated carbocycles. The molecule has 0 unspecified atom stereocenters. The molecular weight excluding hydrogens is 448 g/mol. The molecule has 0 aliphatic heterocycles. The Morgan fingerprint density at radius 3 is 2.47 bits per heavy atom. The Morgan fingerprint density at radius 2 is 1.88 bits per heavy atom. The number of carbonyl (C=O) groups is 1. The summed E-state index contributed by atoms with van der Waals surface area (Å²) in [6.07, 6.45) is 4.34. The van der Waals surface area contributed by atoms with Gasteiger partial charge in [0.1, 0.15) is 12.4 Å². The van der Waals surface area contributed by atoms with Crippen LogP contribution in [0.3, 0.4) is 0 Å². The van der Waals surface area contributed by atoms with E-state index in [2.05, 4.69) is 4.98 Å². The third-order valence-electron chi connectivity index (χ3n) is 5.36. The highest BCUT2D eigenvalue weighted by Crippen LogP contribution is 2.39. The lowest BCUT2D eigenvalue weighted by atomic mass is 10.1. The number of fused-ring (bicyclic) bond motifs is 1. The molecule has 0 atom stereocenters. The molecule has 4 rings (SSSR count). The van der Waals surface area contributed by atoms with Gasteiger partial charge in [0.05, 0.1) is 11.3 Å². The molecule has 1 heterocycles. The molecule has 2 aromatic carbocycles. The Balaban J connectivity index is 1.72. The van der Waals surface area contributed by atoms with Gasteiger partial charge >= 0.3 is 5.97 Å². The minimum Gasteiger partial charge on any atom is -0.487 e. The van der Waals surface area contributed by atoms with Crippen molar-refractivity contribution in [2.45, 2.75) is 50.1 Å². The molecule has 1 N–H and O–H groups in total. The van der Waals surface area contributed by atoms with Gasteiger partial charge in [-0.1, -0.05) is 12.1 Å². The number of carboxylic acids is 1. The average molecular weight is 473 g/mol. The number of aromatic nitrogens is 1. The average Bonchev–Trinajstić information content (AvgIpc) is 3.44. The van der Waals surface area contributed by atoms with E-state index in [0.717, 1.165) is 41.7 Å². The van der Waals surface area contributed by atoms with Crippen LogP contribution in [0.2, 0.25) is 0 Å². The van der Waals surface area contributed by atoms with Crippen LogP contribution in [-0.2, 0) is 29.5 Å². The molecule has 0 fully saturated rings. The maximum absolute atomic E-state index is 13.4. The van der Waals surface area contributed by atoms with Gasteiger partial charge in [0.25, 0.3) is 10.0 Å².